The molecule has 0 saturated heterocycles. The van der Waals surface area contributed by atoms with Crippen LogP contribution in [0.2, 0.25) is 0 Å². The second kappa shape index (κ2) is 15.0. The molecule has 1 aromatic rings. The number of primary amides is 1. The zero-order chi connectivity index (χ0) is 26.5. The van der Waals surface area contributed by atoms with Gasteiger partial charge in [-0.1, -0.05) is 44.2 Å². The number of benzene rings is 1. The van der Waals surface area contributed by atoms with Gasteiger partial charge in [0, 0.05) is 6.42 Å². The summed E-state index contributed by atoms with van der Waals surface area (Å²) in [7, 11) is 0. The summed E-state index contributed by atoms with van der Waals surface area (Å²) in [5.41, 5.74) is 11.7. The first kappa shape index (κ1) is 29.9. The molecule has 0 aliphatic heterocycles. The summed E-state index contributed by atoms with van der Waals surface area (Å²) < 4.78 is 0. The highest BCUT2D eigenvalue weighted by Gasteiger charge is 2.31. The Morgan fingerprint density at radius 3 is 1.97 bits per heavy atom. The van der Waals surface area contributed by atoms with Gasteiger partial charge >= 0.3 is 5.97 Å². The predicted molar refractivity (Wildman–Crippen MR) is 133 cm³/mol. The van der Waals surface area contributed by atoms with E-state index in [1.807, 2.05) is 6.26 Å². The van der Waals surface area contributed by atoms with Crippen molar-refractivity contribution in [2.45, 2.75) is 57.3 Å². The van der Waals surface area contributed by atoms with E-state index in [9.17, 15) is 29.1 Å². The van der Waals surface area contributed by atoms with Gasteiger partial charge in [0.1, 0.15) is 18.1 Å². The number of nitrogens with one attached hydrogen (secondary N) is 3. The van der Waals surface area contributed by atoms with Crippen LogP contribution in [0, 0.1) is 5.92 Å². The van der Waals surface area contributed by atoms with Crippen LogP contribution < -0.4 is 27.4 Å². The number of rotatable bonds is 15. The van der Waals surface area contributed by atoms with E-state index in [0.29, 0.717) is 17.7 Å². The predicted octanol–water partition coefficient (Wildman–Crippen LogP) is -0.620. The molecule has 0 aromatic heterocycles. The molecule has 35 heavy (non-hydrogen) atoms. The van der Waals surface area contributed by atoms with Crippen molar-refractivity contribution in [3.8, 4) is 0 Å². The summed E-state index contributed by atoms with van der Waals surface area (Å²) in [5, 5.41) is 16.9. The summed E-state index contributed by atoms with van der Waals surface area (Å²) in [5.74, 6) is -3.82. The van der Waals surface area contributed by atoms with Crippen LogP contribution in [0.25, 0.3) is 0 Å². The van der Waals surface area contributed by atoms with E-state index in [1.165, 1.54) is 11.8 Å². The Bertz CT molecular complexity index is 882. The topological polar surface area (TPSA) is 194 Å². The van der Waals surface area contributed by atoms with Crippen LogP contribution in [0.3, 0.4) is 0 Å². The number of amides is 4. The summed E-state index contributed by atoms with van der Waals surface area (Å²) >= 11 is 1.48. The van der Waals surface area contributed by atoms with Crippen LogP contribution in [0.15, 0.2) is 30.3 Å². The van der Waals surface area contributed by atoms with Gasteiger partial charge in [-0.2, -0.15) is 11.8 Å². The second-order valence-corrected chi connectivity index (χ2v) is 9.42. The van der Waals surface area contributed by atoms with E-state index in [0.717, 1.165) is 0 Å². The maximum Gasteiger partial charge on any atom is 0.326 e. The van der Waals surface area contributed by atoms with E-state index < -0.39 is 60.2 Å². The lowest BCUT2D eigenvalue weighted by Crippen LogP contribution is -2.58. The number of nitrogens with two attached hydrogens (primary N) is 2. The number of carbonyl (C=O) groups is 5. The van der Waals surface area contributed by atoms with Gasteiger partial charge in [-0.15, -0.1) is 0 Å². The van der Waals surface area contributed by atoms with Gasteiger partial charge in [-0.3, -0.25) is 19.2 Å². The minimum Gasteiger partial charge on any atom is -0.480 e. The molecule has 0 aliphatic carbocycles. The van der Waals surface area contributed by atoms with Crippen LogP contribution in [-0.2, 0) is 30.4 Å². The van der Waals surface area contributed by atoms with Crippen LogP contribution in [0.1, 0.15) is 32.3 Å². The SMILES string of the molecule is CSCCC(NC(=O)C(N)C(C)C)C(=O)NC(Cc1ccccc1)C(=O)NC(CC(N)=O)C(=O)O. The van der Waals surface area contributed by atoms with Crippen LogP contribution in [0.4, 0.5) is 0 Å². The molecule has 8 N–H and O–H groups in total. The standard InChI is InChI=1S/C23H35N5O6S/c1-13(2)19(25)22(32)26-15(9-10-35-3)20(30)27-16(11-14-7-5-4-6-8-14)21(31)28-17(23(33)34)12-18(24)29/h4-8,13,15-17,19H,9-12,25H2,1-3H3,(H2,24,29)(H,26,32)(H,27,30)(H,28,31)(H,33,34). The third-order valence-electron chi connectivity index (χ3n) is 5.20. The molecule has 0 fully saturated rings. The highest BCUT2D eigenvalue weighted by Crippen LogP contribution is 2.08. The smallest absolute Gasteiger partial charge is 0.326 e. The highest BCUT2D eigenvalue weighted by atomic mass is 32.2. The Labute approximate surface area is 209 Å². The third-order valence-corrected chi connectivity index (χ3v) is 5.84. The van der Waals surface area contributed by atoms with Crippen LogP contribution in [0.5, 0.6) is 0 Å². The van der Waals surface area contributed by atoms with E-state index >= 15 is 0 Å². The lowest BCUT2D eigenvalue weighted by Gasteiger charge is -2.25. The van der Waals surface area contributed by atoms with E-state index in [4.69, 9.17) is 11.5 Å². The minimum atomic E-state index is -1.55. The lowest BCUT2D eigenvalue weighted by atomic mass is 10.0. The third kappa shape index (κ3) is 10.8. The fourth-order valence-corrected chi connectivity index (χ4v) is 3.55. The van der Waals surface area contributed by atoms with E-state index in [1.54, 1.807) is 44.2 Å². The first-order chi connectivity index (χ1) is 16.5. The van der Waals surface area contributed by atoms with Crippen molar-refractivity contribution >= 4 is 41.4 Å². The summed E-state index contributed by atoms with van der Waals surface area (Å²) in [6.07, 6.45) is 1.60. The number of aliphatic carboxylic acids is 1. The molecular weight excluding hydrogens is 474 g/mol. The fraction of sp³-hybridized carbons (Fsp3) is 0.522. The molecule has 12 heteroatoms. The van der Waals surface area contributed by atoms with Crippen molar-refractivity contribution in [2.24, 2.45) is 17.4 Å². The van der Waals surface area contributed by atoms with Gasteiger partial charge in [-0.05, 0) is 29.9 Å². The monoisotopic (exact) mass is 509 g/mol. The first-order valence-electron chi connectivity index (χ1n) is 11.2. The highest BCUT2D eigenvalue weighted by molar-refractivity contribution is 7.98. The molecular formula is C23H35N5O6S. The Morgan fingerprint density at radius 2 is 1.46 bits per heavy atom. The zero-order valence-electron chi connectivity index (χ0n) is 20.2. The number of hydrogen-bond donors (Lipinski definition) is 6. The largest absolute Gasteiger partial charge is 0.480 e. The van der Waals surface area contributed by atoms with Crippen molar-refractivity contribution in [1.82, 2.24) is 16.0 Å². The van der Waals surface area contributed by atoms with Crippen molar-refractivity contribution in [3.05, 3.63) is 35.9 Å². The Kier molecular flexibility index (Phi) is 12.8. The fourth-order valence-electron chi connectivity index (χ4n) is 3.08. The van der Waals surface area contributed by atoms with Crippen molar-refractivity contribution < 1.29 is 29.1 Å². The molecule has 4 atom stereocenters. The Morgan fingerprint density at radius 1 is 0.914 bits per heavy atom. The molecule has 11 nitrogen and oxygen atoms in total. The summed E-state index contributed by atoms with van der Waals surface area (Å²) in [4.78, 5) is 61.3. The van der Waals surface area contributed by atoms with Gasteiger partial charge in [0.2, 0.25) is 23.6 Å². The van der Waals surface area contributed by atoms with E-state index in [-0.39, 0.29) is 12.3 Å². The molecule has 0 aliphatic rings. The number of carboxylic acid groups (broad SMARTS) is 1. The van der Waals surface area contributed by atoms with Crippen molar-refractivity contribution in [3.63, 3.8) is 0 Å². The maximum atomic E-state index is 13.1. The normalized spacial score (nSPS) is 14.3. The minimum absolute atomic E-state index is 0.0516. The first-order valence-corrected chi connectivity index (χ1v) is 12.6. The number of thioether (sulfide) groups is 1. The average Bonchev–Trinajstić information content (AvgIpc) is 2.80. The molecule has 1 aromatic carbocycles. The average molecular weight is 510 g/mol. The van der Waals surface area contributed by atoms with Crippen LogP contribution >= 0.6 is 11.8 Å². The molecule has 0 radical (unpaired) electrons. The molecule has 1 rings (SSSR count). The summed E-state index contributed by atoms with van der Waals surface area (Å²) in [6, 6.07) is 4.31. The zero-order valence-corrected chi connectivity index (χ0v) is 21.0. The molecule has 4 amide bonds. The van der Waals surface area contributed by atoms with Gasteiger partial charge in [0.05, 0.1) is 12.5 Å². The van der Waals surface area contributed by atoms with Crippen molar-refractivity contribution in [2.75, 3.05) is 12.0 Å². The number of hydrogen-bond acceptors (Lipinski definition) is 7. The molecule has 194 valence electrons. The van der Waals surface area contributed by atoms with Gasteiger partial charge in [-0.25, -0.2) is 4.79 Å². The van der Waals surface area contributed by atoms with E-state index in [2.05, 4.69) is 16.0 Å². The molecule has 4 unspecified atom stereocenters. The Balaban J connectivity index is 3.11. The number of carboxylic acids is 1. The Hall–Kier alpha value is -3.12. The van der Waals surface area contributed by atoms with Gasteiger partial charge in [0.25, 0.3) is 0 Å². The van der Waals surface area contributed by atoms with Crippen molar-refractivity contribution in [1.29, 1.82) is 0 Å². The summed E-state index contributed by atoms with van der Waals surface area (Å²) in [6.45, 7) is 3.57. The van der Waals surface area contributed by atoms with Gasteiger partial charge in [0.15, 0.2) is 0 Å². The second-order valence-electron chi connectivity index (χ2n) is 8.43. The molecule has 0 heterocycles. The van der Waals surface area contributed by atoms with Gasteiger partial charge < -0.3 is 32.5 Å². The molecule has 0 saturated carbocycles. The number of carbonyl (C=O) groups excluding carboxylic acids is 4. The maximum absolute atomic E-state index is 13.1. The lowest BCUT2D eigenvalue weighted by molar-refractivity contribution is -0.143. The molecule has 0 bridgehead atoms. The quantitative estimate of drug-likeness (QED) is 0.180. The van der Waals surface area contributed by atoms with Crippen LogP contribution in [-0.4, -0.2) is 70.9 Å². The molecule has 0 spiro atoms.